The quantitative estimate of drug-likeness (QED) is 0.740. The molecule has 1 aromatic carbocycles. The Bertz CT molecular complexity index is 679. The Morgan fingerprint density at radius 2 is 1.50 bits per heavy atom. The predicted molar refractivity (Wildman–Crippen MR) is 61.3 cm³/mol. The molecule has 2 aromatic rings. The first-order valence-corrected chi connectivity index (χ1v) is 5.67. The van der Waals surface area contributed by atoms with Crippen LogP contribution < -0.4 is 4.74 Å². The van der Waals surface area contributed by atoms with Crippen LogP contribution >= 0.6 is 0 Å². The summed E-state index contributed by atoms with van der Waals surface area (Å²) in [4.78, 5) is 3.06. The van der Waals surface area contributed by atoms with E-state index in [9.17, 15) is 30.7 Å². The third kappa shape index (κ3) is 3.66. The number of nitrogens with zero attached hydrogens (tertiary/aromatic N) is 1. The van der Waals surface area contributed by atoms with Crippen LogP contribution in [0.3, 0.4) is 0 Å². The van der Waals surface area contributed by atoms with E-state index < -0.39 is 41.1 Å². The summed E-state index contributed by atoms with van der Waals surface area (Å²) < 4.78 is 92.0. The summed E-state index contributed by atoms with van der Waals surface area (Å²) in [5.74, 6) is -2.05. The van der Waals surface area contributed by atoms with Crippen LogP contribution in [0.15, 0.2) is 36.4 Å². The lowest BCUT2D eigenvalue weighted by atomic mass is 10.1. The summed E-state index contributed by atoms with van der Waals surface area (Å²) in [6, 6.07) is 5.09. The maximum absolute atomic E-state index is 13.7. The Labute approximate surface area is 119 Å². The zero-order chi connectivity index (χ0) is 16.5. The number of benzene rings is 1. The van der Waals surface area contributed by atoms with Gasteiger partial charge in [-0.3, -0.25) is 0 Å². The summed E-state index contributed by atoms with van der Waals surface area (Å²) >= 11 is 0. The van der Waals surface area contributed by atoms with E-state index in [1.807, 2.05) is 0 Å². The molecule has 22 heavy (non-hydrogen) atoms. The molecule has 0 saturated carbocycles. The number of alkyl halides is 6. The normalized spacial score (nSPS) is 12.3. The lowest BCUT2D eigenvalue weighted by molar-refractivity contribution is -0.274. The van der Waals surface area contributed by atoms with E-state index in [0.717, 1.165) is 18.2 Å². The van der Waals surface area contributed by atoms with E-state index >= 15 is 0 Å². The van der Waals surface area contributed by atoms with Crippen molar-refractivity contribution in [1.29, 1.82) is 0 Å². The van der Waals surface area contributed by atoms with Crippen LogP contribution in [-0.4, -0.2) is 11.3 Å². The lowest BCUT2D eigenvalue weighted by Crippen LogP contribution is -2.18. The van der Waals surface area contributed by atoms with Crippen molar-refractivity contribution >= 4 is 0 Å². The van der Waals surface area contributed by atoms with Crippen molar-refractivity contribution in [2.75, 3.05) is 0 Å². The van der Waals surface area contributed by atoms with Gasteiger partial charge in [0.25, 0.3) is 0 Å². The van der Waals surface area contributed by atoms with Crippen LogP contribution in [0.4, 0.5) is 30.7 Å². The summed E-state index contributed by atoms with van der Waals surface area (Å²) in [6.45, 7) is 0. The van der Waals surface area contributed by atoms with Crippen LogP contribution in [-0.2, 0) is 6.18 Å². The molecule has 0 fully saturated rings. The Morgan fingerprint density at radius 1 is 0.864 bits per heavy atom. The van der Waals surface area contributed by atoms with Gasteiger partial charge in [-0.2, -0.15) is 13.2 Å². The first-order chi connectivity index (χ1) is 10.1. The second-order valence-electron chi connectivity index (χ2n) is 4.07. The van der Waals surface area contributed by atoms with Gasteiger partial charge < -0.3 is 4.74 Å². The van der Waals surface area contributed by atoms with Gasteiger partial charge in [0.15, 0.2) is 0 Å². The Balaban J connectivity index is 2.57. The van der Waals surface area contributed by atoms with Crippen LogP contribution in [0.1, 0.15) is 5.69 Å². The molecule has 0 amide bonds. The van der Waals surface area contributed by atoms with Crippen molar-refractivity contribution in [2.45, 2.75) is 12.5 Å². The van der Waals surface area contributed by atoms with E-state index in [0.29, 0.717) is 12.1 Å². The van der Waals surface area contributed by atoms with E-state index in [-0.39, 0.29) is 0 Å². The molecule has 1 heterocycles. The lowest BCUT2D eigenvalue weighted by Gasteiger charge is -2.14. The van der Waals surface area contributed by atoms with E-state index in [1.165, 1.54) is 6.07 Å². The topological polar surface area (TPSA) is 22.1 Å². The number of hydrogen-bond donors (Lipinski definition) is 0. The highest BCUT2D eigenvalue weighted by Gasteiger charge is 2.35. The fourth-order valence-electron chi connectivity index (χ4n) is 1.66. The molecule has 0 bridgehead atoms. The van der Waals surface area contributed by atoms with Gasteiger partial charge in [-0.25, -0.2) is 9.37 Å². The van der Waals surface area contributed by atoms with E-state index in [1.54, 1.807) is 0 Å². The van der Waals surface area contributed by atoms with E-state index in [2.05, 4.69) is 9.72 Å². The molecule has 0 atom stereocenters. The highest BCUT2D eigenvalue weighted by molar-refractivity contribution is 5.67. The molecule has 0 unspecified atom stereocenters. The molecule has 0 radical (unpaired) electrons. The molecule has 0 aliphatic carbocycles. The fraction of sp³-hybridized carbons (Fsp3) is 0.154. The summed E-state index contributed by atoms with van der Waals surface area (Å²) in [5.41, 5.74) is -2.84. The standard InChI is InChI=1S/C13H6F7NO/c14-8-5-6-10(12(15,16)17)21-11(8)7-3-1-2-4-9(7)22-13(18,19)20/h1-6H. The molecule has 0 N–H and O–H groups in total. The SMILES string of the molecule is Fc1ccc(C(F)(F)F)nc1-c1ccccc1OC(F)(F)F. The van der Waals surface area contributed by atoms with Crippen LogP contribution in [0.5, 0.6) is 5.75 Å². The second-order valence-corrected chi connectivity index (χ2v) is 4.07. The summed E-state index contributed by atoms with van der Waals surface area (Å²) in [7, 11) is 0. The number of halogens is 7. The minimum Gasteiger partial charge on any atom is -0.405 e. The predicted octanol–water partition coefficient (Wildman–Crippen LogP) is 4.81. The van der Waals surface area contributed by atoms with E-state index in [4.69, 9.17) is 0 Å². The number of hydrogen-bond acceptors (Lipinski definition) is 2. The third-order valence-electron chi connectivity index (χ3n) is 2.50. The molecule has 118 valence electrons. The van der Waals surface area contributed by atoms with Gasteiger partial charge in [-0.15, -0.1) is 13.2 Å². The zero-order valence-electron chi connectivity index (χ0n) is 10.5. The molecule has 9 heteroatoms. The number of pyridine rings is 1. The summed E-state index contributed by atoms with van der Waals surface area (Å²) in [5, 5.41) is 0. The largest absolute Gasteiger partial charge is 0.573 e. The zero-order valence-corrected chi connectivity index (χ0v) is 10.5. The fourth-order valence-corrected chi connectivity index (χ4v) is 1.66. The third-order valence-corrected chi connectivity index (χ3v) is 2.50. The number of rotatable bonds is 2. The molecular weight excluding hydrogens is 319 g/mol. The van der Waals surface area contributed by atoms with Gasteiger partial charge in [0, 0.05) is 5.56 Å². The smallest absolute Gasteiger partial charge is 0.405 e. The maximum atomic E-state index is 13.7. The molecule has 0 aliphatic rings. The number of para-hydroxylation sites is 1. The molecule has 0 spiro atoms. The van der Waals surface area contributed by atoms with Crippen molar-refractivity contribution in [3.63, 3.8) is 0 Å². The van der Waals surface area contributed by atoms with Gasteiger partial charge >= 0.3 is 12.5 Å². The molecule has 1 aromatic heterocycles. The summed E-state index contributed by atoms with van der Waals surface area (Å²) in [6.07, 6.45) is -9.93. The Morgan fingerprint density at radius 3 is 2.09 bits per heavy atom. The molecule has 0 saturated heterocycles. The molecular formula is C13H6F7NO. The first-order valence-electron chi connectivity index (χ1n) is 5.67. The highest BCUT2D eigenvalue weighted by Crippen LogP contribution is 2.36. The first kappa shape index (κ1) is 16.1. The van der Waals surface area contributed by atoms with Gasteiger partial charge in [0.2, 0.25) is 0 Å². The number of ether oxygens (including phenoxy) is 1. The highest BCUT2D eigenvalue weighted by atomic mass is 19.4. The van der Waals surface area contributed by atoms with Crippen LogP contribution in [0.25, 0.3) is 11.3 Å². The number of aromatic nitrogens is 1. The average Bonchev–Trinajstić information content (AvgIpc) is 2.37. The molecule has 2 nitrogen and oxygen atoms in total. The molecule has 0 aliphatic heterocycles. The minimum absolute atomic E-state index is 0.395. The Hall–Kier alpha value is -2.32. The monoisotopic (exact) mass is 325 g/mol. The van der Waals surface area contributed by atoms with Gasteiger partial charge in [0.05, 0.1) is 0 Å². The van der Waals surface area contributed by atoms with Gasteiger partial charge in [0.1, 0.15) is 23.0 Å². The molecule has 2 rings (SSSR count). The van der Waals surface area contributed by atoms with Crippen LogP contribution in [0, 0.1) is 5.82 Å². The van der Waals surface area contributed by atoms with Crippen molar-refractivity contribution in [3.05, 3.63) is 47.9 Å². The Kier molecular flexibility index (Phi) is 3.99. The average molecular weight is 325 g/mol. The van der Waals surface area contributed by atoms with Crippen molar-refractivity contribution in [2.24, 2.45) is 0 Å². The second kappa shape index (κ2) is 5.47. The van der Waals surface area contributed by atoms with Crippen molar-refractivity contribution in [1.82, 2.24) is 4.98 Å². The van der Waals surface area contributed by atoms with Gasteiger partial charge in [-0.05, 0) is 24.3 Å². The van der Waals surface area contributed by atoms with Crippen LogP contribution in [0.2, 0.25) is 0 Å². The van der Waals surface area contributed by atoms with Crippen molar-refractivity contribution < 1.29 is 35.5 Å². The van der Waals surface area contributed by atoms with Gasteiger partial charge in [-0.1, -0.05) is 12.1 Å². The van der Waals surface area contributed by atoms with Crippen molar-refractivity contribution in [3.8, 4) is 17.0 Å². The minimum atomic E-state index is -5.08. The maximum Gasteiger partial charge on any atom is 0.573 e.